The average Bonchev–Trinajstić information content (AvgIpc) is 2.25. The van der Waals surface area contributed by atoms with E-state index in [-0.39, 0.29) is 12.0 Å². The van der Waals surface area contributed by atoms with Crippen LogP contribution in [0, 0.1) is 17.6 Å². The molecule has 94 valence electrons. The minimum absolute atomic E-state index is 0.165. The summed E-state index contributed by atoms with van der Waals surface area (Å²) >= 11 is 3.25. The second kappa shape index (κ2) is 6.10. The van der Waals surface area contributed by atoms with Gasteiger partial charge in [-0.05, 0) is 18.1 Å². The Kier molecular flexibility index (Phi) is 5.05. The maximum absolute atomic E-state index is 13.3. The van der Waals surface area contributed by atoms with Crippen molar-refractivity contribution in [2.24, 2.45) is 5.92 Å². The molecule has 0 aromatic heterocycles. The molecule has 1 aromatic carbocycles. The van der Waals surface area contributed by atoms with Crippen molar-refractivity contribution in [3.05, 3.63) is 35.4 Å². The van der Waals surface area contributed by atoms with Gasteiger partial charge in [-0.1, -0.05) is 35.8 Å². The normalized spacial score (nSPS) is 12.6. The maximum atomic E-state index is 13.3. The van der Waals surface area contributed by atoms with Crippen molar-refractivity contribution in [1.29, 1.82) is 0 Å². The molecule has 1 amide bonds. The third kappa shape index (κ3) is 3.49. The van der Waals surface area contributed by atoms with E-state index < -0.39 is 23.1 Å². The van der Waals surface area contributed by atoms with Gasteiger partial charge >= 0.3 is 0 Å². The lowest BCUT2D eigenvalue weighted by Gasteiger charge is -2.20. The van der Waals surface area contributed by atoms with Gasteiger partial charge in [0.1, 0.15) is 17.2 Å². The monoisotopic (exact) mass is 305 g/mol. The van der Waals surface area contributed by atoms with E-state index >= 15 is 0 Å². The fraction of sp³-hybridized carbons (Fsp3) is 0.417. The number of carbonyl (C=O) groups is 1. The smallest absolute Gasteiger partial charge is 0.257 e. The van der Waals surface area contributed by atoms with Gasteiger partial charge in [-0.3, -0.25) is 4.79 Å². The lowest BCUT2D eigenvalue weighted by Crippen LogP contribution is -2.40. The maximum Gasteiger partial charge on any atom is 0.257 e. The number of benzene rings is 1. The Morgan fingerprint density at radius 1 is 1.35 bits per heavy atom. The third-order valence-electron chi connectivity index (χ3n) is 2.48. The van der Waals surface area contributed by atoms with Crippen molar-refractivity contribution in [3.63, 3.8) is 0 Å². The Labute approximate surface area is 108 Å². The summed E-state index contributed by atoms with van der Waals surface area (Å²) in [5.74, 6) is -2.24. The first kappa shape index (κ1) is 14.1. The molecule has 1 aromatic rings. The van der Waals surface area contributed by atoms with Gasteiger partial charge in [-0.2, -0.15) is 0 Å². The molecule has 17 heavy (non-hydrogen) atoms. The van der Waals surface area contributed by atoms with E-state index in [2.05, 4.69) is 21.2 Å². The molecule has 0 bridgehead atoms. The zero-order valence-electron chi connectivity index (χ0n) is 9.64. The molecule has 5 heteroatoms. The van der Waals surface area contributed by atoms with Crippen LogP contribution in [0.25, 0.3) is 0 Å². The van der Waals surface area contributed by atoms with Crippen molar-refractivity contribution in [1.82, 2.24) is 5.32 Å². The summed E-state index contributed by atoms with van der Waals surface area (Å²) in [4.78, 5) is 11.7. The summed E-state index contributed by atoms with van der Waals surface area (Å²) in [7, 11) is 0. The standard InChI is InChI=1S/C12H14BrF2NO/c1-7(2)10(6-13)16-12(17)11-8(14)4-3-5-9(11)15/h3-5,7,10H,6H2,1-2H3,(H,16,17). The molecule has 1 unspecified atom stereocenters. The van der Waals surface area contributed by atoms with Crippen LogP contribution in [0.5, 0.6) is 0 Å². The van der Waals surface area contributed by atoms with Crippen molar-refractivity contribution >= 4 is 21.8 Å². The summed E-state index contributed by atoms with van der Waals surface area (Å²) in [6.07, 6.45) is 0. The number of rotatable bonds is 4. The summed E-state index contributed by atoms with van der Waals surface area (Å²) in [5, 5.41) is 3.13. The number of hydrogen-bond acceptors (Lipinski definition) is 1. The van der Waals surface area contributed by atoms with Crippen LogP contribution < -0.4 is 5.32 Å². The molecular weight excluding hydrogens is 292 g/mol. The predicted molar refractivity (Wildman–Crippen MR) is 66.2 cm³/mol. The van der Waals surface area contributed by atoms with Crippen LogP contribution >= 0.6 is 15.9 Å². The van der Waals surface area contributed by atoms with E-state index in [0.717, 1.165) is 12.1 Å². The molecule has 0 aliphatic carbocycles. The Morgan fingerprint density at radius 3 is 2.29 bits per heavy atom. The number of carbonyl (C=O) groups excluding carboxylic acids is 1. The largest absolute Gasteiger partial charge is 0.348 e. The molecule has 1 rings (SSSR count). The van der Waals surface area contributed by atoms with Crippen LogP contribution in [0.1, 0.15) is 24.2 Å². The van der Waals surface area contributed by atoms with E-state index in [0.29, 0.717) is 5.33 Å². The molecule has 0 aliphatic heterocycles. The van der Waals surface area contributed by atoms with Crippen LogP contribution in [-0.2, 0) is 0 Å². The van der Waals surface area contributed by atoms with E-state index in [9.17, 15) is 13.6 Å². The Bertz CT molecular complexity index is 389. The molecule has 0 saturated carbocycles. The topological polar surface area (TPSA) is 29.1 Å². The number of alkyl halides is 1. The Balaban J connectivity index is 2.90. The van der Waals surface area contributed by atoms with Gasteiger partial charge < -0.3 is 5.32 Å². The average molecular weight is 306 g/mol. The second-order valence-electron chi connectivity index (χ2n) is 4.07. The molecular formula is C12H14BrF2NO. The lowest BCUT2D eigenvalue weighted by atomic mass is 10.1. The first-order chi connectivity index (χ1) is 7.97. The zero-order valence-corrected chi connectivity index (χ0v) is 11.2. The first-order valence-corrected chi connectivity index (χ1v) is 6.40. The highest BCUT2D eigenvalue weighted by Gasteiger charge is 2.21. The van der Waals surface area contributed by atoms with Gasteiger partial charge in [-0.15, -0.1) is 0 Å². The number of hydrogen-bond donors (Lipinski definition) is 1. The summed E-state index contributed by atoms with van der Waals surface area (Å²) < 4.78 is 26.7. The molecule has 0 radical (unpaired) electrons. The molecule has 1 atom stereocenters. The minimum Gasteiger partial charge on any atom is -0.348 e. The fourth-order valence-corrected chi connectivity index (χ4v) is 2.25. The van der Waals surface area contributed by atoms with Gasteiger partial charge in [0.05, 0.1) is 0 Å². The van der Waals surface area contributed by atoms with Crippen LogP contribution in [-0.4, -0.2) is 17.3 Å². The fourth-order valence-electron chi connectivity index (χ4n) is 1.34. The predicted octanol–water partition coefficient (Wildman–Crippen LogP) is 3.11. The lowest BCUT2D eigenvalue weighted by molar-refractivity contribution is 0.0923. The molecule has 0 fully saturated rings. The molecule has 0 heterocycles. The van der Waals surface area contributed by atoms with Crippen LogP contribution in [0.4, 0.5) is 8.78 Å². The number of amides is 1. The second-order valence-corrected chi connectivity index (χ2v) is 4.72. The van der Waals surface area contributed by atoms with Crippen molar-refractivity contribution in [2.75, 3.05) is 5.33 Å². The van der Waals surface area contributed by atoms with E-state index in [4.69, 9.17) is 0 Å². The first-order valence-electron chi connectivity index (χ1n) is 5.28. The molecule has 1 N–H and O–H groups in total. The Morgan fingerprint density at radius 2 is 1.88 bits per heavy atom. The minimum atomic E-state index is -0.848. The number of nitrogens with one attached hydrogen (secondary N) is 1. The van der Waals surface area contributed by atoms with E-state index in [1.54, 1.807) is 0 Å². The van der Waals surface area contributed by atoms with Gasteiger partial charge in [0.15, 0.2) is 0 Å². The van der Waals surface area contributed by atoms with E-state index in [1.807, 2.05) is 13.8 Å². The summed E-state index contributed by atoms with van der Waals surface area (Å²) in [6, 6.07) is 3.19. The quantitative estimate of drug-likeness (QED) is 0.851. The highest BCUT2D eigenvalue weighted by molar-refractivity contribution is 9.09. The SMILES string of the molecule is CC(C)C(CBr)NC(=O)c1c(F)cccc1F. The molecule has 2 nitrogen and oxygen atoms in total. The molecule has 0 spiro atoms. The van der Waals surface area contributed by atoms with Crippen LogP contribution in [0.2, 0.25) is 0 Å². The summed E-state index contributed by atoms with van der Waals surface area (Å²) in [6.45, 7) is 3.84. The van der Waals surface area contributed by atoms with Crippen molar-refractivity contribution < 1.29 is 13.6 Å². The summed E-state index contributed by atoms with van der Waals surface area (Å²) in [5.41, 5.74) is -0.529. The highest BCUT2D eigenvalue weighted by atomic mass is 79.9. The van der Waals surface area contributed by atoms with Gasteiger partial charge in [0, 0.05) is 11.4 Å². The van der Waals surface area contributed by atoms with Gasteiger partial charge in [-0.25, -0.2) is 8.78 Å². The Hall–Kier alpha value is -0.970. The number of halogens is 3. The van der Waals surface area contributed by atoms with Crippen molar-refractivity contribution in [3.8, 4) is 0 Å². The van der Waals surface area contributed by atoms with Gasteiger partial charge in [0.25, 0.3) is 5.91 Å². The van der Waals surface area contributed by atoms with Crippen LogP contribution in [0.3, 0.4) is 0 Å². The van der Waals surface area contributed by atoms with E-state index in [1.165, 1.54) is 6.07 Å². The highest BCUT2D eigenvalue weighted by Crippen LogP contribution is 2.13. The van der Waals surface area contributed by atoms with Crippen molar-refractivity contribution in [2.45, 2.75) is 19.9 Å². The van der Waals surface area contributed by atoms with Gasteiger partial charge in [0.2, 0.25) is 0 Å². The zero-order chi connectivity index (χ0) is 13.0. The third-order valence-corrected chi connectivity index (χ3v) is 3.17. The molecule has 0 aliphatic rings. The molecule has 0 saturated heterocycles. The van der Waals surface area contributed by atoms with Crippen LogP contribution in [0.15, 0.2) is 18.2 Å².